The molecule has 0 fully saturated rings. The van der Waals surface area contributed by atoms with E-state index in [1.54, 1.807) is 48.5 Å². The Hall–Kier alpha value is -2.54. The second kappa shape index (κ2) is 8.71. The van der Waals surface area contributed by atoms with Crippen LogP contribution in [-0.2, 0) is 10.0 Å². The lowest BCUT2D eigenvalue weighted by atomic mass is 10.1. The van der Waals surface area contributed by atoms with Gasteiger partial charge in [0.15, 0.2) is 0 Å². The van der Waals surface area contributed by atoms with Crippen LogP contribution in [0, 0.1) is 5.92 Å². The number of amides is 1. The quantitative estimate of drug-likeness (QED) is 0.735. The zero-order valence-electron chi connectivity index (χ0n) is 15.2. The highest BCUT2D eigenvalue weighted by Gasteiger charge is 2.08. The van der Waals surface area contributed by atoms with Crippen LogP contribution in [-0.4, -0.2) is 27.2 Å². The molecule has 0 saturated carbocycles. The van der Waals surface area contributed by atoms with Crippen LogP contribution >= 0.6 is 0 Å². The largest absolute Gasteiger partial charge is 0.494 e. The van der Waals surface area contributed by atoms with E-state index in [1.165, 1.54) is 0 Å². The van der Waals surface area contributed by atoms with E-state index in [0.717, 1.165) is 18.4 Å². The van der Waals surface area contributed by atoms with Crippen molar-refractivity contribution in [2.45, 2.75) is 20.3 Å². The molecule has 0 unspecified atom stereocenters. The molecule has 2 rings (SSSR count). The summed E-state index contributed by atoms with van der Waals surface area (Å²) in [5.74, 6) is 1.02. The molecule has 0 atom stereocenters. The van der Waals surface area contributed by atoms with Crippen LogP contribution in [0.2, 0.25) is 0 Å². The zero-order valence-corrected chi connectivity index (χ0v) is 16.0. The van der Waals surface area contributed by atoms with Crippen LogP contribution in [0.1, 0.15) is 30.6 Å². The van der Waals surface area contributed by atoms with Gasteiger partial charge in [-0.05, 0) is 54.8 Å². The minimum atomic E-state index is -3.37. The van der Waals surface area contributed by atoms with E-state index in [4.69, 9.17) is 4.74 Å². The summed E-state index contributed by atoms with van der Waals surface area (Å²) in [6.07, 6.45) is 2.04. The molecule has 2 N–H and O–H groups in total. The summed E-state index contributed by atoms with van der Waals surface area (Å²) in [5.41, 5.74) is 1.38. The summed E-state index contributed by atoms with van der Waals surface area (Å²) < 4.78 is 30.6. The third-order valence-electron chi connectivity index (χ3n) is 3.50. The molecule has 6 nitrogen and oxygen atoms in total. The van der Waals surface area contributed by atoms with E-state index in [0.29, 0.717) is 29.5 Å². The Morgan fingerprint density at radius 3 is 2.35 bits per heavy atom. The Kier molecular flexibility index (Phi) is 6.63. The number of benzene rings is 2. The SMILES string of the molecule is CC(C)CCOc1ccc(C(=O)Nc2cccc(NS(C)(=O)=O)c2)cc1. The summed E-state index contributed by atoms with van der Waals surface area (Å²) in [4.78, 5) is 12.3. The average Bonchev–Trinajstić information content (AvgIpc) is 2.54. The number of ether oxygens (including phenoxy) is 1. The first kappa shape index (κ1) is 19.8. The lowest BCUT2D eigenvalue weighted by Crippen LogP contribution is -2.13. The van der Waals surface area contributed by atoms with Crippen LogP contribution in [0.3, 0.4) is 0 Å². The number of carbonyl (C=O) groups excluding carboxylic acids is 1. The maximum absolute atomic E-state index is 12.3. The molecule has 2 aromatic rings. The van der Waals surface area contributed by atoms with Crippen molar-refractivity contribution in [1.29, 1.82) is 0 Å². The molecular weight excluding hydrogens is 352 g/mol. The molecule has 2 aromatic carbocycles. The third kappa shape index (κ3) is 6.76. The van der Waals surface area contributed by atoms with Gasteiger partial charge in [0.1, 0.15) is 5.75 Å². The van der Waals surface area contributed by atoms with Crippen LogP contribution in [0.15, 0.2) is 48.5 Å². The van der Waals surface area contributed by atoms with Crippen LogP contribution in [0.4, 0.5) is 11.4 Å². The van der Waals surface area contributed by atoms with Gasteiger partial charge in [0.05, 0.1) is 18.6 Å². The molecule has 0 bridgehead atoms. The molecular formula is C19H24N2O4S. The summed E-state index contributed by atoms with van der Waals surface area (Å²) in [6, 6.07) is 13.4. The van der Waals surface area contributed by atoms with Crippen molar-refractivity contribution in [3.63, 3.8) is 0 Å². The molecule has 1 amide bonds. The van der Waals surface area contributed by atoms with Gasteiger partial charge in [-0.25, -0.2) is 8.42 Å². The van der Waals surface area contributed by atoms with E-state index in [2.05, 4.69) is 23.9 Å². The number of hydrogen-bond donors (Lipinski definition) is 2. The molecule has 0 aromatic heterocycles. The van der Waals surface area contributed by atoms with Crippen LogP contribution in [0.25, 0.3) is 0 Å². The first-order chi connectivity index (χ1) is 12.2. The van der Waals surface area contributed by atoms with Crippen molar-refractivity contribution in [1.82, 2.24) is 0 Å². The highest BCUT2D eigenvalue weighted by atomic mass is 32.2. The first-order valence-corrected chi connectivity index (χ1v) is 10.2. The van der Waals surface area contributed by atoms with E-state index in [9.17, 15) is 13.2 Å². The number of rotatable bonds is 8. The minimum absolute atomic E-state index is 0.282. The third-order valence-corrected chi connectivity index (χ3v) is 4.11. The smallest absolute Gasteiger partial charge is 0.255 e. The Morgan fingerprint density at radius 2 is 1.73 bits per heavy atom. The molecule has 7 heteroatoms. The van der Waals surface area contributed by atoms with Crippen molar-refractivity contribution in [3.8, 4) is 5.75 Å². The van der Waals surface area contributed by atoms with E-state index < -0.39 is 10.0 Å². The number of sulfonamides is 1. The summed E-state index contributed by atoms with van der Waals surface area (Å²) in [5, 5.41) is 2.75. The lowest BCUT2D eigenvalue weighted by Gasteiger charge is -2.10. The molecule has 0 heterocycles. The number of nitrogens with one attached hydrogen (secondary N) is 2. The zero-order chi connectivity index (χ0) is 19.2. The van der Waals surface area contributed by atoms with Crippen molar-refractivity contribution in [2.24, 2.45) is 5.92 Å². The van der Waals surface area contributed by atoms with Gasteiger partial charge in [-0.1, -0.05) is 19.9 Å². The van der Waals surface area contributed by atoms with E-state index >= 15 is 0 Å². The van der Waals surface area contributed by atoms with Gasteiger partial charge in [0, 0.05) is 11.3 Å². The Bertz CT molecular complexity index is 846. The fourth-order valence-corrected chi connectivity index (χ4v) is 2.75. The highest BCUT2D eigenvalue weighted by Crippen LogP contribution is 2.18. The molecule has 0 saturated heterocycles. The molecule has 0 aliphatic rings. The van der Waals surface area contributed by atoms with Crippen LogP contribution in [0.5, 0.6) is 5.75 Å². The van der Waals surface area contributed by atoms with Crippen molar-refractivity contribution in [3.05, 3.63) is 54.1 Å². The van der Waals surface area contributed by atoms with Gasteiger partial charge in [0.2, 0.25) is 10.0 Å². The molecule has 0 aliphatic heterocycles. The van der Waals surface area contributed by atoms with Crippen molar-refractivity contribution < 1.29 is 17.9 Å². The fourth-order valence-electron chi connectivity index (χ4n) is 2.19. The number of carbonyl (C=O) groups is 1. The van der Waals surface area contributed by atoms with Gasteiger partial charge in [0.25, 0.3) is 5.91 Å². The van der Waals surface area contributed by atoms with Gasteiger partial charge in [-0.3, -0.25) is 9.52 Å². The molecule has 0 spiro atoms. The normalized spacial score (nSPS) is 11.2. The van der Waals surface area contributed by atoms with Gasteiger partial charge in [-0.15, -0.1) is 0 Å². The molecule has 140 valence electrons. The summed E-state index contributed by atoms with van der Waals surface area (Å²) in [7, 11) is -3.37. The molecule has 0 aliphatic carbocycles. The number of hydrogen-bond acceptors (Lipinski definition) is 4. The standard InChI is InChI=1S/C19H24N2O4S/c1-14(2)11-12-25-18-9-7-15(8-10-18)19(22)20-16-5-4-6-17(13-16)21-26(3,23)24/h4-10,13-14,21H,11-12H2,1-3H3,(H,20,22). The second-order valence-electron chi connectivity index (χ2n) is 6.46. The Morgan fingerprint density at radius 1 is 1.08 bits per heavy atom. The van der Waals surface area contributed by atoms with Gasteiger partial charge in [-0.2, -0.15) is 0 Å². The maximum Gasteiger partial charge on any atom is 0.255 e. The number of anilines is 2. The highest BCUT2D eigenvalue weighted by molar-refractivity contribution is 7.92. The van der Waals surface area contributed by atoms with Crippen LogP contribution < -0.4 is 14.8 Å². The topological polar surface area (TPSA) is 84.5 Å². The van der Waals surface area contributed by atoms with E-state index in [-0.39, 0.29) is 5.91 Å². The van der Waals surface area contributed by atoms with Crippen molar-refractivity contribution >= 4 is 27.3 Å². The van der Waals surface area contributed by atoms with Gasteiger partial charge < -0.3 is 10.1 Å². The van der Waals surface area contributed by atoms with Crippen molar-refractivity contribution in [2.75, 3.05) is 22.9 Å². The predicted molar refractivity (Wildman–Crippen MR) is 104 cm³/mol. The maximum atomic E-state index is 12.3. The summed E-state index contributed by atoms with van der Waals surface area (Å²) >= 11 is 0. The molecule has 26 heavy (non-hydrogen) atoms. The lowest BCUT2D eigenvalue weighted by molar-refractivity contribution is 0.102. The fraction of sp³-hybridized carbons (Fsp3) is 0.316. The monoisotopic (exact) mass is 376 g/mol. The summed E-state index contributed by atoms with van der Waals surface area (Å²) in [6.45, 7) is 4.91. The average molecular weight is 376 g/mol. The molecule has 0 radical (unpaired) electrons. The van der Waals surface area contributed by atoms with Gasteiger partial charge >= 0.3 is 0 Å². The predicted octanol–water partition coefficient (Wildman–Crippen LogP) is 3.74. The minimum Gasteiger partial charge on any atom is -0.494 e. The first-order valence-electron chi connectivity index (χ1n) is 8.35. The second-order valence-corrected chi connectivity index (χ2v) is 8.21. The van der Waals surface area contributed by atoms with E-state index in [1.807, 2.05) is 0 Å². The Balaban J connectivity index is 1.98. The Labute approximate surface area is 154 Å².